The lowest BCUT2D eigenvalue weighted by Crippen LogP contribution is -2.45. The van der Waals surface area contributed by atoms with Crippen LogP contribution in [-0.4, -0.2) is 53.2 Å². The predicted octanol–water partition coefficient (Wildman–Crippen LogP) is 2.36. The first kappa shape index (κ1) is 16.7. The fourth-order valence-corrected chi connectivity index (χ4v) is 5.29. The van der Waals surface area contributed by atoms with Crippen LogP contribution in [0.4, 0.5) is 0 Å². The second-order valence-electron chi connectivity index (χ2n) is 6.56. The molecule has 2 atom stereocenters. The third-order valence-corrected chi connectivity index (χ3v) is 7.03. The number of carboxylic acid groups (broad SMARTS) is 1. The number of ether oxygens (including phenoxy) is 1. The topological polar surface area (TPSA) is 79.7 Å². The number of nitrogens with zero attached hydrogens (tertiary/aromatic N) is 2. The zero-order chi connectivity index (χ0) is 17.4. The van der Waals surface area contributed by atoms with Crippen LogP contribution in [0.2, 0.25) is 0 Å². The number of aromatic nitrogens is 1. The van der Waals surface area contributed by atoms with E-state index in [0.717, 1.165) is 15.6 Å². The highest BCUT2D eigenvalue weighted by atomic mass is 32.1. The molecule has 2 aliphatic heterocycles. The largest absolute Gasteiger partial charge is 0.481 e. The lowest BCUT2D eigenvalue weighted by atomic mass is 9.74. The number of thiophene rings is 1. The van der Waals surface area contributed by atoms with Crippen LogP contribution in [0.5, 0.6) is 0 Å². The van der Waals surface area contributed by atoms with E-state index in [4.69, 9.17) is 4.74 Å². The molecule has 2 aromatic rings. The van der Waals surface area contributed by atoms with E-state index >= 15 is 0 Å². The average Bonchev–Trinajstić information content (AvgIpc) is 3.33. The minimum absolute atomic E-state index is 0.0574. The van der Waals surface area contributed by atoms with Gasteiger partial charge in [-0.3, -0.25) is 9.59 Å². The summed E-state index contributed by atoms with van der Waals surface area (Å²) in [5, 5.41) is 14.5. The van der Waals surface area contributed by atoms with Crippen LogP contribution in [-0.2, 0) is 20.7 Å². The van der Waals surface area contributed by atoms with E-state index in [1.54, 1.807) is 16.2 Å². The van der Waals surface area contributed by atoms with Crippen molar-refractivity contribution in [1.29, 1.82) is 0 Å². The highest BCUT2D eigenvalue weighted by Gasteiger charge is 2.54. The van der Waals surface area contributed by atoms with E-state index in [-0.39, 0.29) is 24.8 Å². The van der Waals surface area contributed by atoms with Gasteiger partial charge in [0.25, 0.3) is 0 Å². The van der Waals surface area contributed by atoms with E-state index in [0.29, 0.717) is 26.2 Å². The Hall–Kier alpha value is -1.77. The second kappa shape index (κ2) is 6.51. The van der Waals surface area contributed by atoms with Gasteiger partial charge >= 0.3 is 5.97 Å². The molecular weight excluding hydrogens is 360 g/mol. The zero-order valence-electron chi connectivity index (χ0n) is 13.5. The predicted molar refractivity (Wildman–Crippen MR) is 94.7 cm³/mol. The van der Waals surface area contributed by atoms with Crippen LogP contribution in [0.15, 0.2) is 22.9 Å². The Morgan fingerprint density at radius 3 is 3.04 bits per heavy atom. The van der Waals surface area contributed by atoms with Crippen molar-refractivity contribution in [1.82, 2.24) is 9.88 Å². The first-order valence-corrected chi connectivity index (χ1v) is 9.91. The number of amides is 1. The van der Waals surface area contributed by atoms with Gasteiger partial charge in [-0.25, -0.2) is 4.98 Å². The number of aliphatic carboxylic acids is 1. The van der Waals surface area contributed by atoms with Crippen LogP contribution in [0.1, 0.15) is 12.1 Å². The van der Waals surface area contributed by atoms with Gasteiger partial charge in [-0.2, -0.15) is 0 Å². The van der Waals surface area contributed by atoms with Gasteiger partial charge in [0.2, 0.25) is 5.91 Å². The molecule has 4 rings (SSSR count). The number of thiazole rings is 1. The molecule has 2 aromatic heterocycles. The summed E-state index contributed by atoms with van der Waals surface area (Å²) < 4.78 is 5.44. The maximum Gasteiger partial charge on any atom is 0.311 e. The van der Waals surface area contributed by atoms with Crippen molar-refractivity contribution in [2.45, 2.75) is 12.8 Å². The number of carbonyl (C=O) groups excluding carboxylic acids is 1. The first-order chi connectivity index (χ1) is 12.1. The van der Waals surface area contributed by atoms with E-state index < -0.39 is 11.4 Å². The van der Waals surface area contributed by atoms with Gasteiger partial charge in [0.05, 0.1) is 29.0 Å². The summed E-state index contributed by atoms with van der Waals surface area (Å²) in [6, 6.07) is 3.99. The number of hydrogen-bond acceptors (Lipinski definition) is 6. The minimum Gasteiger partial charge on any atom is -0.481 e. The molecule has 0 aromatic carbocycles. The molecule has 0 aliphatic carbocycles. The molecule has 1 N–H and O–H groups in total. The molecule has 0 radical (unpaired) electrons. The smallest absolute Gasteiger partial charge is 0.311 e. The van der Waals surface area contributed by atoms with E-state index in [9.17, 15) is 14.7 Å². The SMILES string of the molecule is O=C(Cc1csc(-c2cccs2)n1)N1C[C@H]2COCC[C@@]2(C(=O)O)C1. The molecule has 6 nitrogen and oxygen atoms in total. The summed E-state index contributed by atoms with van der Waals surface area (Å²) >= 11 is 3.15. The molecule has 0 unspecified atom stereocenters. The summed E-state index contributed by atoms with van der Waals surface area (Å²) in [5.41, 5.74) is -0.105. The Kier molecular flexibility index (Phi) is 4.35. The number of likely N-dealkylation sites (tertiary alicyclic amines) is 1. The Bertz CT molecular complexity index is 788. The quantitative estimate of drug-likeness (QED) is 0.883. The molecule has 2 saturated heterocycles. The second-order valence-corrected chi connectivity index (χ2v) is 8.36. The van der Waals surface area contributed by atoms with Gasteiger partial charge in [0.15, 0.2) is 0 Å². The van der Waals surface area contributed by atoms with Crippen molar-refractivity contribution in [2.24, 2.45) is 11.3 Å². The lowest BCUT2D eigenvalue weighted by Gasteiger charge is -2.33. The van der Waals surface area contributed by atoms with Crippen molar-refractivity contribution in [3.8, 4) is 9.88 Å². The van der Waals surface area contributed by atoms with Crippen molar-refractivity contribution in [3.63, 3.8) is 0 Å². The molecule has 4 heterocycles. The van der Waals surface area contributed by atoms with Gasteiger partial charge in [-0.1, -0.05) is 6.07 Å². The highest BCUT2D eigenvalue weighted by molar-refractivity contribution is 7.20. The number of rotatable bonds is 4. The monoisotopic (exact) mass is 378 g/mol. The van der Waals surface area contributed by atoms with Crippen molar-refractivity contribution < 1.29 is 19.4 Å². The maximum atomic E-state index is 12.7. The number of hydrogen-bond donors (Lipinski definition) is 1. The van der Waals surface area contributed by atoms with Crippen molar-refractivity contribution in [3.05, 3.63) is 28.6 Å². The number of carbonyl (C=O) groups is 2. The maximum absolute atomic E-state index is 12.7. The standard InChI is InChI=1S/C17H18N2O4S2/c20-14(6-12-9-25-15(18-12)13-2-1-5-24-13)19-7-11-8-23-4-3-17(11,10-19)16(21)22/h1-2,5,9,11H,3-4,6-8,10H2,(H,21,22)/t11-,17+/m0/s1. The lowest BCUT2D eigenvalue weighted by molar-refractivity contribution is -0.157. The van der Waals surface area contributed by atoms with Crippen molar-refractivity contribution in [2.75, 3.05) is 26.3 Å². The molecule has 0 spiro atoms. The van der Waals surface area contributed by atoms with Crippen LogP contribution >= 0.6 is 22.7 Å². The molecule has 0 bridgehead atoms. The Morgan fingerprint density at radius 1 is 1.44 bits per heavy atom. The van der Waals surface area contributed by atoms with E-state index in [1.165, 1.54) is 11.3 Å². The van der Waals surface area contributed by atoms with Crippen LogP contribution in [0.25, 0.3) is 9.88 Å². The zero-order valence-corrected chi connectivity index (χ0v) is 15.1. The fraction of sp³-hybridized carbons (Fsp3) is 0.471. The third-order valence-electron chi connectivity index (χ3n) is 5.10. The summed E-state index contributed by atoms with van der Waals surface area (Å²) in [7, 11) is 0. The van der Waals surface area contributed by atoms with Crippen LogP contribution < -0.4 is 0 Å². The molecule has 8 heteroatoms. The molecule has 2 fully saturated rings. The highest BCUT2D eigenvalue weighted by Crippen LogP contribution is 2.42. The fourth-order valence-electron chi connectivity index (χ4n) is 3.66. The van der Waals surface area contributed by atoms with E-state index in [1.807, 2.05) is 22.9 Å². The summed E-state index contributed by atoms with van der Waals surface area (Å²) in [4.78, 5) is 31.8. The molecule has 1 amide bonds. The van der Waals surface area contributed by atoms with Gasteiger partial charge in [0, 0.05) is 31.0 Å². The number of carboxylic acids is 1. The summed E-state index contributed by atoms with van der Waals surface area (Å²) in [5.74, 6) is -0.998. The molecular formula is C17H18N2O4S2. The average molecular weight is 378 g/mol. The van der Waals surface area contributed by atoms with Crippen molar-refractivity contribution >= 4 is 34.6 Å². The Labute approximate surface area is 153 Å². The molecule has 132 valence electrons. The Balaban J connectivity index is 1.46. The normalized spacial score (nSPS) is 25.8. The minimum atomic E-state index is -0.849. The Morgan fingerprint density at radius 2 is 2.32 bits per heavy atom. The van der Waals surface area contributed by atoms with Gasteiger partial charge in [-0.15, -0.1) is 22.7 Å². The third kappa shape index (κ3) is 2.98. The first-order valence-electron chi connectivity index (χ1n) is 8.16. The van der Waals surface area contributed by atoms with Crippen LogP contribution in [0.3, 0.4) is 0 Å². The molecule has 0 saturated carbocycles. The van der Waals surface area contributed by atoms with Gasteiger partial charge in [-0.05, 0) is 17.9 Å². The molecule has 25 heavy (non-hydrogen) atoms. The van der Waals surface area contributed by atoms with Crippen LogP contribution in [0, 0.1) is 11.3 Å². The summed E-state index contributed by atoms with van der Waals surface area (Å²) in [6.07, 6.45) is 0.682. The number of fused-ring (bicyclic) bond motifs is 1. The van der Waals surface area contributed by atoms with Gasteiger partial charge in [0.1, 0.15) is 5.01 Å². The van der Waals surface area contributed by atoms with Gasteiger partial charge < -0.3 is 14.7 Å². The summed E-state index contributed by atoms with van der Waals surface area (Å²) in [6.45, 7) is 1.58. The van der Waals surface area contributed by atoms with E-state index in [2.05, 4.69) is 4.98 Å². The molecule has 2 aliphatic rings.